The number of nitrogens with zero attached hydrogens (tertiary/aromatic N) is 1. The molecule has 0 aliphatic heterocycles. The van der Waals surface area contributed by atoms with Gasteiger partial charge < -0.3 is 19.9 Å². The van der Waals surface area contributed by atoms with Crippen molar-refractivity contribution < 1.29 is 32.2 Å². The first-order valence-corrected chi connectivity index (χ1v) is 4.94. The predicted octanol–water partition coefficient (Wildman–Crippen LogP) is 1.23. The minimum atomic E-state index is -4.90. The number of esters is 1. The molecule has 2 N–H and O–H groups in total. The van der Waals surface area contributed by atoms with E-state index in [1.165, 1.54) is 7.11 Å². The predicted molar refractivity (Wildman–Crippen MR) is 56.7 cm³/mol. The molecule has 0 aliphatic rings. The Hall–Kier alpha value is -2.03. The van der Waals surface area contributed by atoms with Gasteiger partial charge >= 0.3 is 12.3 Å². The fraction of sp³-hybridized carbons (Fsp3) is 0.400. The van der Waals surface area contributed by atoms with Crippen LogP contribution in [0.3, 0.4) is 0 Å². The maximum atomic E-state index is 12.2. The summed E-state index contributed by atoms with van der Waals surface area (Å²) in [4.78, 5) is 14.9. The highest BCUT2D eigenvalue weighted by atomic mass is 19.4. The number of halogens is 3. The van der Waals surface area contributed by atoms with Crippen LogP contribution in [0.4, 0.5) is 13.2 Å². The van der Waals surface area contributed by atoms with E-state index < -0.39 is 18.1 Å². The molecule has 1 aromatic heterocycles. The molecule has 0 saturated carbocycles. The van der Waals surface area contributed by atoms with E-state index >= 15 is 0 Å². The second-order valence-corrected chi connectivity index (χ2v) is 3.23. The van der Waals surface area contributed by atoms with Gasteiger partial charge in [-0.3, -0.25) is 0 Å². The van der Waals surface area contributed by atoms with Crippen LogP contribution in [0.1, 0.15) is 16.1 Å². The van der Waals surface area contributed by atoms with Gasteiger partial charge in [0.2, 0.25) is 0 Å². The Labute approximate surface area is 106 Å². The second-order valence-electron chi connectivity index (χ2n) is 3.23. The minimum absolute atomic E-state index is 0.129. The van der Waals surface area contributed by atoms with E-state index in [4.69, 9.17) is 10.5 Å². The first kappa shape index (κ1) is 15.0. The van der Waals surface area contributed by atoms with Gasteiger partial charge in [-0.25, -0.2) is 9.78 Å². The molecule has 0 fully saturated rings. The zero-order valence-electron chi connectivity index (χ0n) is 10.1. The molecule has 1 heterocycles. The van der Waals surface area contributed by atoms with Crippen LogP contribution in [-0.4, -0.2) is 31.5 Å². The zero-order chi connectivity index (χ0) is 14.6. The second kappa shape index (κ2) is 5.74. The SMILES string of the molecule is COC(=O)c1ncc(OC(F)(F)F)c(CN)c1OC. The van der Waals surface area contributed by atoms with E-state index in [0.717, 1.165) is 13.3 Å². The molecule has 1 rings (SSSR count). The summed E-state index contributed by atoms with van der Waals surface area (Å²) < 4.78 is 49.6. The number of carbonyl (C=O) groups excluding carboxylic acids is 1. The van der Waals surface area contributed by atoms with Gasteiger partial charge in [0.15, 0.2) is 17.2 Å². The van der Waals surface area contributed by atoms with Gasteiger partial charge in [-0.2, -0.15) is 0 Å². The lowest BCUT2D eigenvalue weighted by Crippen LogP contribution is -2.20. The quantitative estimate of drug-likeness (QED) is 0.835. The number of pyridine rings is 1. The van der Waals surface area contributed by atoms with Crippen molar-refractivity contribution >= 4 is 5.97 Å². The Morgan fingerprint density at radius 2 is 2.05 bits per heavy atom. The lowest BCUT2D eigenvalue weighted by Gasteiger charge is -2.16. The number of methoxy groups -OCH3 is 2. The first-order chi connectivity index (χ1) is 8.84. The maximum Gasteiger partial charge on any atom is 0.573 e. The normalized spacial score (nSPS) is 11.1. The van der Waals surface area contributed by atoms with Crippen molar-refractivity contribution in [1.29, 1.82) is 0 Å². The molecular weight excluding hydrogens is 269 g/mol. The number of ether oxygens (including phenoxy) is 3. The van der Waals surface area contributed by atoms with Crippen LogP contribution in [0.2, 0.25) is 0 Å². The van der Waals surface area contributed by atoms with Crippen molar-refractivity contribution in [2.75, 3.05) is 14.2 Å². The molecule has 1 aromatic rings. The molecule has 0 atom stereocenters. The molecule has 6 nitrogen and oxygen atoms in total. The summed E-state index contributed by atoms with van der Waals surface area (Å²) in [6.07, 6.45) is -4.16. The van der Waals surface area contributed by atoms with Gasteiger partial charge in [0, 0.05) is 6.54 Å². The van der Waals surface area contributed by atoms with E-state index in [0.29, 0.717) is 0 Å². The van der Waals surface area contributed by atoms with Crippen molar-refractivity contribution in [2.24, 2.45) is 5.73 Å². The number of aromatic nitrogens is 1. The van der Waals surface area contributed by atoms with E-state index in [2.05, 4.69) is 14.5 Å². The fourth-order valence-electron chi connectivity index (χ4n) is 1.38. The molecule has 0 aromatic carbocycles. The number of hydrogen-bond acceptors (Lipinski definition) is 6. The Morgan fingerprint density at radius 3 is 2.47 bits per heavy atom. The third kappa shape index (κ3) is 3.47. The molecule has 0 saturated heterocycles. The molecule has 0 bridgehead atoms. The van der Waals surface area contributed by atoms with E-state index in [1.807, 2.05) is 0 Å². The van der Waals surface area contributed by atoms with E-state index in [1.54, 1.807) is 0 Å². The van der Waals surface area contributed by atoms with Crippen LogP contribution in [0.5, 0.6) is 11.5 Å². The summed E-state index contributed by atoms with van der Waals surface area (Å²) in [5.74, 6) is -1.69. The molecule has 0 unspecified atom stereocenters. The summed E-state index contributed by atoms with van der Waals surface area (Å²) in [5.41, 5.74) is 4.94. The fourth-order valence-corrected chi connectivity index (χ4v) is 1.38. The number of hydrogen-bond donors (Lipinski definition) is 1. The highest BCUT2D eigenvalue weighted by Crippen LogP contribution is 2.33. The molecule has 0 aliphatic carbocycles. The summed E-state index contributed by atoms with van der Waals surface area (Å²) in [5, 5.41) is 0. The molecule has 0 amide bonds. The maximum absolute atomic E-state index is 12.2. The number of rotatable bonds is 4. The van der Waals surface area contributed by atoms with Crippen molar-refractivity contribution in [1.82, 2.24) is 4.98 Å². The molecule has 0 radical (unpaired) electrons. The van der Waals surface area contributed by atoms with E-state index in [-0.39, 0.29) is 23.6 Å². The molecule has 0 spiro atoms. The van der Waals surface area contributed by atoms with E-state index in [9.17, 15) is 18.0 Å². The Bertz CT molecular complexity index is 477. The number of carbonyl (C=O) groups is 1. The van der Waals surface area contributed by atoms with Crippen molar-refractivity contribution in [3.05, 3.63) is 17.5 Å². The standard InChI is InChI=1S/C10H11F3N2O4/c1-17-8-5(3-14)6(19-10(11,12)13)4-15-7(8)9(16)18-2/h4H,3,14H2,1-2H3. The summed E-state index contributed by atoms with van der Waals surface area (Å²) in [6.45, 7) is -0.332. The summed E-state index contributed by atoms with van der Waals surface area (Å²) >= 11 is 0. The zero-order valence-corrected chi connectivity index (χ0v) is 10.1. The highest BCUT2D eigenvalue weighted by Gasteiger charge is 2.33. The molecule has 106 valence electrons. The average Bonchev–Trinajstić information content (AvgIpc) is 2.35. The minimum Gasteiger partial charge on any atom is -0.494 e. The lowest BCUT2D eigenvalue weighted by atomic mass is 10.1. The van der Waals surface area contributed by atoms with Gasteiger partial charge in [0.05, 0.1) is 26.0 Å². The smallest absolute Gasteiger partial charge is 0.494 e. The molecular formula is C10H11F3N2O4. The first-order valence-electron chi connectivity index (χ1n) is 4.94. The lowest BCUT2D eigenvalue weighted by molar-refractivity contribution is -0.275. The van der Waals surface area contributed by atoms with Gasteiger partial charge in [-0.1, -0.05) is 0 Å². The largest absolute Gasteiger partial charge is 0.573 e. The molecule has 9 heteroatoms. The van der Waals surface area contributed by atoms with Crippen LogP contribution in [-0.2, 0) is 11.3 Å². The third-order valence-corrected chi connectivity index (χ3v) is 2.11. The summed E-state index contributed by atoms with van der Waals surface area (Å²) in [7, 11) is 2.27. The number of alkyl halides is 3. The Balaban J connectivity index is 3.34. The topological polar surface area (TPSA) is 83.7 Å². The van der Waals surface area contributed by atoms with Gasteiger partial charge in [0.1, 0.15) is 0 Å². The van der Waals surface area contributed by atoms with Gasteiger partial charge in [-0.05, 0) is 0 Å². The third-order valence-electron chi connectivity index (χ3n) is 2.11. The van der Waals surface area contributed by atoms with Crippen molar-refractivity contribution in [3.63, 3.8) is 0 Å². The summed E-state index contributed by atoms with van der Waals surface area (Å²) in [6, 6.07) is 0. The Kier molecular flexibility index (Phi) is 4.54. The molecule has 19 heavy (non-hydrogen) atoms. The number of nitrogens with two attached hydrogens (primary N) is 1. The van der Waals surface area contributed by atoms with Crippen LogP contribution >= 0.6 is 0 Å². The highest BCUT2D eigenvalue weighted by molar-refractivity contribution is 5.91. The average molecular weight is 280 g/mol. The van der Waals surface area contributed by atoms with Crippen LogP contribution in [0.25, 0.3) is 0 Å². The van der Waals surface area contributed by atoms with Crippen molar-refractivity contribution in [2.45, 2.75) is 12.9 Å². The van der Waals surface area contributed by atoms with Crippen LogP contribution in [0.15, 0.2) is 6.20 Å². The van der Waals surface area contributed by atoms with Gasteiger partial charge in [-0.15, -0.1) is 13.2 Å². The Morgan fingerprint density at radius 1 is 1.42 bits per heavy atom. The van der Waals surface area contributed by atoms with Gasteiger partial charge in [0.25, 0.3) is 0 Å². The monoisotopic (exact) mass is 280 g/mol. The van der Waals surface area contributed by atoms with Crippen LogP contribution in [0, 0.1) is 0 Å². The van der Waals surface area contributed by atoms with Crippen molar-refractivity contribution in [3.8, 4) is 11.5 Å². The van der Waals surface area contributed by atoms with Crippen LogP contribution < -0.4 is 15.2 Å².